The van der Waals surface area contributed by atoms with Crippen molar-refractivity contribution in [3.63, 3.8) is 0 Å². The van der Waals surface area contributed by atoms with E-state index in [0.29, 0.717) is 24.7 Å². The zero-order chi connectivity index (χ0) is 19.6. The fourth-order valence-corrected chi connectivity index (χ4v) is 2.23. The van der Waals surface area contributed by atoms with Gasteiger partial charge in [-0.3, -0.25) is 9.78 Å². The molecule has 0 radical (unpaired) electrons. The van der Waals surface area contributed by atoms with E-state index in [1.165, 1.54) is 12.1 Å². The van der Waals surface area contributed by atoms with E-state index >= 15 is 0 Å². The molecule has 0 spiro atoms. The lowest BCUT2D eigenvalue weighted by Gasteiger charge is -2.09. The van der Waals surface area contributed by atoms with E-state index in [2.05, 4.69) is 31.1 Å². The van der Waals surface area contributed by atoms with E-state index in [1.54, 1.807) is 36.7 Å². The van der Waals surface area contributed by atoms with Crippen LogP contribution in [0.25, 0.3) is 0 Å². The number of nitrogens with zero attached hydrogens (tertiary/aromatic N) is 3. The smallest absolute Gasteiger partial charge is 0.258 e. The molecule has 0 aliphatic heterocycles. The Balaban J connectivity index is 1.34. The summed E-state index contributed by atoms with van der Waals surface area (Å²) in [6.07, 6.45) is 3.38. The molecule has 0 aliphatic rings. The molecule has 0 saturated heterocycles. The summed E-state index contributed by atoms with van der Waals surface area (Å²) in [7, 11) is 0. The Bertz CT molecular complexity index is 892. The number of hydrogen-bond acceptors (Lipinski definition) is 7. The number of amides is 1. The monoisotopic (exact) mass is 382 g/mol. The average molecular weight is 382 g/mol. The molecular formula is C19H19FN6O2. The first-order valence-electron chi connectivity index (χ1n) is 8.59. The molecule has 28 heavy (non-hydrogen) atoms. The van der Waals surface area contributed by atoms with Crippen molar-refractivity contribution in [2.45, 2.75) is 0 Å². The number of benzene rings is 1. The minimum Gasteiger partial charge on any atom is -0.481 e. The Morgan fingerprint density at radius 3 is 2.57 bits per heavy atom. The van der Waals surface area contributed by atoms with Crippen LogP contribution in [0.4, 0.5) is 21.7 Å². The van der Waals surface area contributed by atoms with Gasteiger partial charge in [0.2, 0.25) is 0 Å². The van der Waals surface area contributed by atoms with Crippen molar-refractivity contribution in [1.29, 1.82) is 0 Å². The maximum Gasteiger partial charge on any atom is 0.258 e. The fraction of sp³-hybridized carbons (Fsp3) is 0.158. The molecule has 1 amide bonds. The number of carbonyl (C=O) groups excluding carboxylic acids is 1. The molecule has 144 valence electrons. The minimum absolute atomic E-state index is 0.0473. The lowest BCUT2D eigenvalue weighted by molar-refractivity contribution is -0.123. The van der Waals surface area contributed by atoms with Crippen molar-refractivity contribution < 1.29 is 13.9 Å². The van der Waals surface area contributed by atoms with Crippen molar-refractivity contribution >= 4 is 23.2 Å². The Labute approximate surface area is 161 Å². The van der Waals surface area contributed by atoms with Crippen LogP contribution in [0.1, 0.15) is 0 Å². The number of hydrogen-bond donors (Lipinski definition) is 3. The number of para-hydroxylation sites is 1. The molecule has 0 unspecified atom stereocenters. The molecule has 0 atom stereocenters. The average Bonchev–Trinajstić information content (AvgIpc) is 2.72. The highest BCUT2D eigenvalue weighted by molar-refractivity contribution is 5.77. The van der Waals surface area contributed by atoms with Crippen molar-refractivity contribution in [3.8, 4) is 5.75 Å². The van der Waals surface area contributed by atoms with Gasteiger partial charge in [-0.2, -0.15) is 0 Å². The van der Waals surface area contributed by atoms with Crippen LogP contribution in [0.5, 0.6) is 5.75 Å². The van der Waals surface area contributed by atoms with Crippen LogP contribution in [0.2, 0.25) is 0 Å². The van der Waals surface area contributed by atoms with Gasteiger partial charge in [-0.1, -0.05) is 12.1 Å². The molecule has 3 N–H and O–H groups in total. The third kappa shape index (κ3) is 5.90. The van der Waals surface area contributed by atoms with Gasteiger partial charge in [0.15, 0.2) is 24.0 Å². The van der Waals surface area contributed by atoms with Gasteiger partial charge in [-0.25, -0.2) is 4.39 Å². The van der Waals surface area contributed by atoms with E-state index in [-0.39, 0.29) is 18.3 Å². The number of aromatic nitrogens is 3. The summed E-state index contributed by atoms with van der Waals surface area (Å²) >= 11 is 0. The first-order valence-corrected chi connectivity index (χ1v) is 8.59. The molecule has 0 bridgehead atoms. The SMILES string of the molecule is O=C(COc1ccccc1F)NCCNc1ccc(Nc2cccnc2)nn1. The number of anilines is 3. The lowest BCUT2D eigenvalue weighted by Crippen LogP contribution is -2.32. The number of rotatable bonds is 9. The highest BCUT2D eigenvalue weighted by atomic mass is 19.1. The van der Waals surface area contributed by atoms with E-state index in [4.69, 9.17) is 4.74 Å². The number of nitrogens with one attached hydrogen (secondary N) is 3. The molecule has 1 aromatic carbocycles. The second kappa shape index (κ2) is 9.81. The van der Waals surface area contributed by atoms with Crippen molar-refractivity contribution in [2.75, 3.05) is 30.3 Å². The van der Waals surface area contributed by atoms with Gasteiger partial charge in [0.1, 0.15) is 5.82 Å². The predicted octanol–water partition coefficient (Wildman–Crippen LogP) is 2.36. The largest absolute Gasteiger partial charge is 0.481 e. The maximum atomic E-state index is 13.4. The van der Waals surface area contributed by atoms with Gasteiger partial charge in [-0.05, 0) is 36.4 Å². The molecule has 9 heteroatoms. The summed E-state index contributed by atoms with van der Waals surface area (Å²) < 4.78 is 18.5. The number of halogens is 1. The van der Waals surface area contributed by atoms with E-state index in [0.717, 1.165) is 5.69 Å². The number of pyridine rings is 1. The third-order valence-corrected chi connectivity index (χ3v) is 3.55. The third-order valence-electron chi connectivity index (χ3n) is 3.55. The van der Waals surface area contributed by atoms with Gasteiger partial charge in [0.05, 0.1) is 11.9 Å². The molecule has 0 aliphatic carbocycles. The topological polar surface area (TPSA) is 101 Å². The van der Waals surface area contributed by atoms with Crippen molar-refractivity contribution in [1.82, 2.24) is 20.5 Å². The number of ether oxygens (including phenoxy) is 1. The zero-order valence-electron chi connectivity index (χ0n) is 14.9. The predicted molar refractivity (Wildman–Crippen MR) is 103 cm³/mol. The normalized spacial score (nSPS) is 10.2. The highest BCUT2D eigenvalue weighted by Gasteiger charge is 2.06. The van der Waals surface area contributed by atoms with Gasteiger partial charge in [0.25, 0.3) is 5.91 Å². The highest BCUT2D eigenvalue weighted by Crippen LogP contribution is 2.15. The van der Waals surface area contributed by atoms with Gasteiger partial charge in [-0.15, -0.1) is 10.2 Å². The summed E-state index contributed by atoms with van der Waals surface area (Å²) in [6, 6.07) is 13.2. The second-order valence-corrected chi connectivity index (χ2v) is 5.67. The van der Waals surface area contributed by atoms with Crippen LogP contribution in [0.15, 0.2) is 60.9 Å². The Hall–Kier alpha value is -3.75. The zero-order valence-corrected chi connectivity index (χ0v) is 14.9. The molecule has 0 fully saturated rings. The second-order valence-electron chi connectivity index (χ2n) is 5.67. The van der Waals surface area contributed by atoms with Crippen LogP contribution in [0, 0.1) is 5.82 Å². The van der Waals surface area contributed by atoms with E-state index < -0.39 is 5.82 Å². The Kier molecular flexibility index (Phi) is 6.67. The van der Waals surface area contributed by atoms with Crippen molar-refractivity contribution in [3.05, 3.63) is 66.7 Å². The molecule has 3 aromatic rings. The van der Waals surface area contributed by atoms with E-state index in [9.17, 15) is 9.18 Å². The molecular weight excluding hydrogens is 363 g/mol. The quantitative estimate of drug-likeness (QED) is 0.488. The van der Waals surface area contributed by atoms with Crippen LogP contribution in [0.3, 0.4) is 0 Å². The van der Waals surface area contributed by atoms with Crippen molar-refractivity contribution in [2.24, 2.45) is 0 Å². The number of carbonyl (C=O) groups is 1. The standard InChI is InChI=1S/C19H19FN6O2/c20-15-5-1-2-6-16(15)28-13-19(27)23-11-10-22-17-7-8-18(26-25-17)24-14-4-3-9-21-12-14/h1-9,12H,10-11,13H2,(H,22,25)(H,23,27)(H,24,26). The molecule has 8 nitrogen and oxygen atoms in total. The first-order chi connectivity index (χ1) is 13.7. The van der Waals surface area contributed by atoms with Crippen LogP contribution in [-0.2, 0) is 4.79 Å². The van der Waals surface area contributed by atoms with Gasteiger partial charge < -0.3 is 20.7 Å². The summed E-state index contributed by atoms with van der Waals surface area (Å²) in [6.45, 7) is 0.557. The summed E-state index contributed by atoms with van der Waals surface area (Å²) in [5.74, 6) is 0.376. The van der Waals surface area contributed by atoms with Crippen LogP contribution >= 0.6 is 0 Å². The fourth-order valence-electron chi connectivity index (χ4n) is 2.23. The lowest BCUT2D eigenvalue weighted by atomic mass is 10.3. The summed E-state index contributed by atoms with van der Waals surface area (Å²) in [5.41, 5.74) is 0.817. The van der Waals surface area contributed by atoms with Crippen LogP contribution in [-0.4, -0.2) is 40.8 Å². The van der Waals surface area contributed by atoms with Gasteiger partial charge >= 0.3 is 0 Å². The van der Waals surface area contributed by atoms with E-state index in [1.807, 2.05) is 12.1 Å². The minimum atomic E-state index is -0.503. The molecule has 0 saturated carbocycles. The Morgan fingerprint density at radius 2 is 1.82 bits per heavy atom. The maximum absolute atomic E-state index is 13.4. The van der Waals surface area contributed by atoms with Gasteiger partial charge in [0, 0.05) is 19.3 Å². The molecule has 3 rings (SSSR count). The molecule has 2 heterocycles. The van der Waals surface area contributed by atoms with Crippen LogP contribution < -0.4 is 20.7 Å². The summed E-state index contributed by atoms with van der Waals surface area (Å²) in [5, 5.41) is 16.9. The first kappa shape index (κ1) is 19.0. The Morgan fingerprint density at radius 1 is 1.00 bits per heavy atom. The summed E-state index contributed by atoms with van der Waals surface area (Å²) in [4.78, 5) is 15.7. The molecule has 2 aromatic heterocycles.